The van der Waals surface area contributed by atoms with E-state index >= 15 is 0 Å². The fraction of sp³-hybridized carbons (Fsp3) is 0.250. The van der Waals surface area contributed by atoms with Gasteiger partial charge in [-0.2, -0.15) is 0 Å². The van der Waals surface area contributed by atoms with Crippen LogP contribution in [0.2, 0.25) is 0 Å². The summed E-state index contributed by atoms with van der Waals surface area (Å²) in [4.78, 5) is 23.4. The van der Waals surface area contributed by atoms with E-state index in [1.165, 1.54) is 0 Å². The molecule has 0 aliphatic carbocycles. The van der Waals surface area contributed by atoms with Crippen LogP contribution in [0, 0.1) is 0 Å². The maximum absolute atomic E-state index is 12.9. The summed E-state index contributed by atoms with van der Waals surface area (Å²) in [5, 5.41) is 0. The van der Waals surface area contributed by atoms with Gasteiger partial charge in [-0.15, -0.1) is 0 Å². The first kappa shape index (κ1) is 16.3. The summed E-state index contributed by atoms with van der Waals surface area (Å²) in [5.74, 6) is 0.120. The Morgan fingerprint density at radius 1 is 1.00 bits per heavy atom. The van der Waals surface area contributed by atoms with Crippen LogP contribution in [0.1, 0.15) is 24.5 Å². The Labute approximate surface area is 142 Å². The van der Waals surface area contributed by atoms with Crippen molar-refractivity contribution in [3.63, 3.8) is 0 Å². The van der Waals surface area contributed by atoms with Crippen molar-refractivity contribution in [2.24, 2.45) is 0 Å². The number of likely N-dealkylation sites (tertiary alicyclic amines) is 1. The molecule has 2 aromatic rings. The quantitative estimate of drug-likeness (QED) is 0.812. The van der Waals surface area contributed by atoms with Crippen molar-refractivity contribution < 1.29 is 4.79 Å². The lowest BCUT2D eigenvalue weighted by Gasteiger charge is -2.29. The molecule has 0 aromatic carbocycles. The fourth-order valence-electron chi connectivity index (χ4n) is 2.91. The molecule has 0 N–H and O–H groups in total. The van der Waals surface area contributed by atoms with Gasteiger partial charge in [-0.3, -0.25) is 19.7 Å². The van der Waals surface area contributed by atoms with Crippen LogP contribution in [-0.2, 0) is 4.79 Å². The van der Waals surface area contributed by atoms with Crippen LogP contribution in [0.4, 0.5) is 0 Å². The summed E-state index contributed by atoms with van der Waals surface area (Å²) in [6.07, 6.45) is 12.0. The van der Waals surface area contributed by atoms with E-state index in [0.717, 1.165) is 35.2 Å². The standard InChI is InChI=1S/C20H21N3O/c1-2-9-23-14-18(10-16-5-3-7-21-12-16)20(24)19(15-23)11-17-6-4-8-22-13-17/h3-8,10-13H,2,9,14-15H2,1H3/b18-10+,19-11+. The van der Waals surface area contributed by atoms with Gasteiger partial charge in [0.25, 0.3) is 0 Å². The Morgan fingerprint density at radius 3 is 1.96 bits per heavy atom. The van der Waals surface area contributed by atoms with Crippen molar-refractivity contribution in [3.05, 3.63) is 71.3 Å². The van der Waals surface area contributed by atoms with Crippen molar-refractivity contribution in [2.75, 3.05) is 19.6 Å². The highest BCUT2D eigenvalue weighted by atomic mass is 16.1. The molecular weight excluding hydrogens is 298 g/mol. The van der Waals surface area contributed by atoms with Gasteiger partial charge in [0, 0.05) is 49.0 Å². The number of aromatic nitrogens is 2. The van der Waals surface area contributed by atoms with Crippen molar-refractivity contribution >= 4 is 17.9 Å². The molecule has 0 amide bonds. The van der Waals surface area contributed by atoms with Crippen LogP contribution in [0.25, 0.3) is 12.2 Å². The van der Waals surface area contributed by atoms with Crippen LogP contribution in [-0.4, -0.2) is 40.3 Å². The normalized spacial score (nSPS) is 19.1. The van der Waals surface area contributed by atoms with Gasteiger partial charge in [0.05, 0.1) is 0 Å². The van der Waals surface area contributed by atoms with Crippen LogP contribution in [0.15, 0.2) is 60.2 Å². The third-order valence-electron chi connectivity index (χ3n) is 3.96. The van der Waals surface area contributed by atoms with Gasteiger partial charge in [0.2, 0.25) is 0 Å². The van der Waals surface area contributed by atoms with E-state index in [1.807, 2.05) is 36.4 Å². The number of ketones is 1. The lowest BCUT2D eigenvalue weighted by molar-refractivity contribution is -0.113. The van der Waals surface area contributed by atoms with Gasteiger partial charge < -0.3 is 0 Å². The molecule has 3 rings (SSSR count). The third-order valence-corrected chi connectivity index (χ3v) is 3.96. The third kappa shape index (κ3) is 4.03. The van der Waals surface area contributed by atoms with Gasteiger partial charge in [0.15, 0.2) is 5.78 Å². The Hall–Kier alpha value is -2.59. The molecular formula is C20H21N3O. The summed E-state index contributed by atoms with van der Waals surface area (Å²) < 4.78 is 0. The second-order valence-corrected chi connectivity index (χ2v) is 5.95. The smallest absolute Gasteiger partial charge is 0.187 e. The molecule has 1 fully saturated rings. The van der Waals surface area contributed by atoms with Crippen LogP contribution in [0.5, 0.6) is 0 Å². The Balaban J connectivity index is 1.93. The second-order valence-electron chi connectivity index (χ2n) is 5.95. The topological polar surface area (TPSA) is 46.1 Å². The average molecular weight is 319 g/mol. The minimum atomic E-state index is 0.120. The molecule has 0 spiro atoms. The number of rotatable bonds is 4. The highest BCUT2D eigenvalue weighted by Gasteiger charge is 2.25. The number of Topliss-reactive ketones (excluding diaryl/α,β-unsaturated/α-hetero) is 1. The lowest BCUT2D eigenvalue weighted by atomic mass is 9.94. The number of hydrogen-bond acceptors (Lipinski definition) is 4. The fourth-order valence-corrected chi connectivity index (χ4v) is 2.91. The largest absolute Gasteiger partial charge is 0.295 e. The zero-order chi connectivity index (χ0) is 16.8. The summed E-state index contributed by atoms with van der Waals surface area (Å²) >= 11 is 0. The molecule has 4 heteroatoms. The van der Waals surface area contributed by atoms with Crippen molar-refractivity contribution in [1.82, 2.24) is 14.9 Å². The van der Waals surface area contributed by atoms with Crippen LogP contribution >= 0.6 is 0 Å². The molecule has 0 saturated carbocycles. The van der Waals surface area contributed by atoms with E-state index in [4.69, 9.17) is 0 Å². The lowest BCUT2D eigenvalue weighted by Crippen LogP contribution is -2.38. The number of hydrogen-bond donors (Lipinski definition) is 0. The molecule has 1 aliphatic rings. The molecule has 2 aromatic heterocycles. The maximum atomic E-state index is 12.9. The van der Waals surface area contributed by atoms with Gasteiger partial charge in [0.1, 0.15) is 0 Å². The first-order valence-electron chi connectivity index (χ1n) is 8.24. The van der Waals surface area contributed by atoms with E-state index < -0.39 is 0 Å². The Bertz CT molecular complexity index is 689. The molecule has 3 heterocycles. The van der Waals surface area contributed by atoms with Gasteiger partial charge in [-0.25, -0.2) is 0 Å². The highest BCUT2D eigenvalue weighted by Crippen LogP contribution is 2.21. The predicted molar refractivity (Wildman–Crippen MR) is 96.2 cm³/mol. The maximum Gasteiger partial charge on any atom is 0.187 e. The number of nitrogens with zero attached hydrogens (tertiary/aromatic N) is 3. The van der Waals surface area contributed by atoms with E-state index in [9.17, 15) is 4.79 Å². The second kappa shape index (κ2) is 7.79. The first-order chi connectivity index (χ1) is 11.8. The molecule has 0 bridgehead atoms. The monoisotopic (exact) mass is 319 g/mol. The summed E-state index contributed by atoms with van der Waals surface area (Å²) in [6, 6.07) is 7.71. The Morgan fingerprint density at radius 2 is 1.54 bits per heavy atom. The summed E-state index contributed by atoms with van der Waals surface area (Å²) in [6.45, 7) is 4.51. The molecule has 0 radical (unpaired) electrons. The minimum absolute atomic E-state index is 0.120. The molecule has 0 atom stereocenters. The Kier molecular flexibility index (Phi) is 5.29. The van der Waals surface area contributed by atoms with E-state index in [0.29, 0.717) is 13.1 Å². The van der Waals surface area contributed by atoms with E-state index in [1.54, 1.807) is 24.8 Å². The van der Waals surface area contributed by atoms with Crippen LogP contribution < -0.4 is 0 Å². The highest BCUT2D eigenvalue weighted by molar-refractivity contribution is 6.14. The zero-order valence-electron chi connectivity index (χ0n) is 13.9. The molecule has 122 valence electrons. The molecule has 1 saturated heterocycles. The zero-order valence-corrected chi connectivity index (χ0v) is 13.9. The predicted octanol–water partition coefficient (Wildman–Crippen LogP) is 3.24. The minimum Gasteiger partial charge on any atom is -0.295 e. The van der Waals surface area contributed by atoms with Crippen molar-refractivity contribution in [3.8, 4) is 0 Å². The molecule has 24 heavy (non-hydrogen) atoms. The number of piperidine rings is 1. The average Bonchev–Trinajstić information content (AvgIpc) is 2.61. The van der Waals surface area contributed by atoms with Gasteiger partial charge in [-0.05, 0) is 48.4 Å². The summed E-state index contributed by atoms with van der Waals surface area (Å²) in [5.41, 5.74) is 3.55. The molecule has 4 nitrogen and oxygen atoms in total. The number of carbonyl (C=O) groups is 1. The first-order valence-corrected chi connectivity index (χ1v) is 8.24. The van der Waals surface area contributed by atoms with E-state index in [-0.39, 0.29) is 5.78 Å². The summed E-state index contributed by atoms with van der Waals surface area (Å²) in [7, 11) is 0. The van der Waals surface area contributed by atoms with Gasteiger partial charge in [-0.1, -0.05) is 19.1 Å². The number of carbonyl (C=O) groups excluding carboxylic acids is 1. The molecule has 0 unspecified atom stereocenters. The van der Waals surface area contributed by atoms with Gasteiger partial charge >= 0.3 is 0 Å². The SMILES string of the molecule is CCCN1C/C(=C\c2cccnc2)C(=O)/C(=C/c2cccnc2)C1. The van der Waals surface area contributed by atoms with E-state index in [2.05, 4.69) is 21.8 Å². The molecule has 1 aliphatic heterocycles. The van der Waals surface area contributed by atoms with Crippen LogP contribution in [0.3, 0.4) is 0 Å². The van der Waals surface area contributed by atoms with Crippen molar-refractivity contribution in [2.45, 2.75) is 13.3 Å². The van der Waals surface area contributed by atoms with Crippen molar-refractivity contribution in [1.29, 1.82) is 0 Å². The number of pyridine rings is 2.